The summed E-state index contributed by atoms with van der Waals surface area (Å²) in [7, 11) is 0.249. The molecule has 0 aliphatic carbocycles. The molecule has 0 aliphatic heterocycles. The van der Waals surface area contributed by atoms with Gasteiger partial charge in [0.05, 0.1) is 17.5 Å². The minimum atomic E-state index is -1.25. The first-order valence-corrected chi connectivity index (χ1v) is 12.2. The van der Waals surface area contributed by atoms with E-state index in [9.17, 15) is 13.4 Å². The Kier molecular flexibility index (Phi) is 9.60. The first-order valence-electron chi connectivity index (χ1n) is 10.9. The summed E-state index contributed by atoms with van der Waals surface area (Å²) in [5, 5.41) is 10.1. The largest absolute Gasteiger partial charge is 0.488 e. The third kappa shape index (κ3) is 6.71. The topological polar surface area (TPSA) is 148 Å². The molecule has 2 aromatic carbocycles. The molecule has 2 aromatic heterocycles. The maximum absolute atomic E-state index is 13.2. The zero-order chi connectivity index (χ0) is 25.9. The highest BCUT2D eigenvalue weighted by molar-refractivity contribution is 7.86. The van der Waals surface area contributed by atoms with E-state index in [-0.39, 0.29) is 23.8 Å². The van der Waals surface area contributed by atoms with E-state index in [4.69, 9.17) is 4.74 Å². The van der Waals surface area contributed by atoms with Crippen LogP contribution in [0.1, 0.15) is 22.8 Å². The highest BCUT2D eigenvalue weighted by Crippen LogP contribution is 2.36. The van der Waals surface area contributed by atoms with Crippen molar-refractivity contribution in [3.63, 3.8) is 0 Å². The van der Waals surface area contributed by atoms with Gasteiger partial charge in [-0.2, -0.15) is 5.10 Å². The number of aromatic nitrogens is 4. The smallest absolute Gasteiger partial charge is 0.164 e. The Morgan fingerprint density at radius 2 is 1.94 bits per heavy atom. The van der Waals surface area contributed by atoms with Crippen molar-refractivity contribution in [3.8, 4) is 17.0 Å². The van der Waals surface area contributed by atoms with Crippen molar-refractivity contribution in [2.24, 2.45) is 5.73 Å². The molecule has 4 aromatic rings. The summed E-state index contributed by atoms with van der Waals surface area (Å²) < 4.78 is 34.2. The maximum Gasteiger partial charge on any atom is 0.164 e. The number of carbonyl (C=O) groups excluding carboxylic acids is 1. The highest BCUT2D eigenvalue weighted by Gasteiger charge is 2.19. The molecule has 0 spiro atoms. The van der Waals surface area contributed by atoms with Crippen molar-refractivity contribution < 1.29 is 18.1 Å². The van der Waals surface area contributed by atoms with Crippen molar-refractivity contribution in [1.82, 2.24) is 20.2 Å². The van der Waals surface area contributed by atoms with Crippen LogP contribution in [0.5, 0.6) is 5.75 Å². The fraction of sp³-hybridized carbons (Fsp3) is 0.167. The first kappa shape index (κ1) is 26.4. The summed E-state index contributed by atoms with van der Waals surface area (Å²) in [6, 6.07) is 11.1. The number of hydrogen-bond acceptors (Lipinski definition) is 8. The van der Waals surface area contributed by atoms with E-state index in [0.717, 1.165) is 5.56 Å². The van der Waals surface area contributed by atoms with Gasteiger partial charge >= 0.3 is 0 Å². The van der Waals surface area contributed by atoms with Crippen LogP contribution in [-0.4, -0.2) is 43.5 Å². The number of aldehydes is 1. The van der Waals surface area contributed by atoms with Crippen molar-refractivity contribution >= 4 is 34.6 Å². The fourth-order valence-corrected chi connectivity index (χ4v) is 3.64. The average Bonchev–Trinajstić information content (AvgIpc) is 3.32. The fourth-order valence-electron chi connectivity index (χ4n) is 3.11. The Bertz CT molecular complexity index is 1300. The molecule has 4 rings (SSSR count). The van der Waals surface area contributed by atoms with Crippen LogP contribution in [0, 0.1) is 5.82 Å². The Balaban J connectivity index is 0.00000176. The third-order valence-electron chi connectivity index (χ3n) is 4.78. The zero-order valence-corrected chi connectivity index (χ0v) is 20.5. The Hall–Kier alpha value is -4.16. The number of carbonyl (C=O) groups is 1. The van der Waals surface area contributed by atoms with E-state index in [0.29, 0.717) is 40.6 Å². The number of aromatic amines is 1. The molecule has 2 heterocycles. The summed E-state index contributed by atoms with van der Waals surface area (Å²) in [5.41, 5.74) is 7.11. The number of ether oxygens (including phenoxy) is 1. The molecule has 0 aliphatic rings. The van der Waals surface area contributed by atoms with Crippen LogP contribution in [0.15, 0.2) is 61.1 Å². The quantitative estimate of drug-likeness (QED) is 0.235. The first-order chi connectivity index (χ1) is 17.6. The van der Waals surface area contributed by atoms with E-state index in [1.165, 1.54) is 37.8 Å². The van der Waals surface area contributed by atoms with Crippen LogP contribution in [0.3, 0.4) is 0 Å². The van der Waals surface area contributed by atoms with Gasteiger partial charge in [0, 0.05) is 35.5 Å². The standard InChI is InChI=1S/C23H21FN6O3S.CH5N/c1-2-34(32)30-17-7-8-18(20(11-17)33-14-15-3-5-16(24)6-4-15)22-19(13-31)23(29-28-22)27-21-12-25-9-10-26-21;1-2/h3-13,30H,2,14H2,1H3,(H2,26,27,28,29);2H2,1H3. The second kappa shape index (κ2) is 13.1. The molecule has 12 heteroatoms. The number of anilines is 3. The van der Waals surface area contributed by atoms with Crippen LogP contribution in [0.25, 0.3) is 11.3 Å². The van der Waals surface area contributed by atoms with Gasteiger partial charge in [0.1, 0.15) is 35.0 Å². The number of halogens is 1. The molecular formula is C24H26FN7O3S. The van der Waals surface area contributed by atoms with Crippen molar-refractivity contribution in [2.75, 3.05) is 22.8 Å². The lowest BCUT2D eigenvalue weighted by Gasteiger charge is -2.14. The molecule has 1 atom stereocenters. The Morgan fingerprint density at radius 1 is 1.17 bits per heavy atom. The summed E-state index contributed by atoms with van der Waals surface area (Å²) in [5.74, 6) is 1.22. The predicted molar refractivity (Wildman–Crippen MR) is 138 cm³/mol. The molecule has 0 amide bonds. The molecule has 0 saturated carbocycles. The Morgan fingerprint density at radius 3 is 2.61 bits per heavy atom. The van der Waals surface area contributed by atoms with E-state index < -0.39 is 11.0 Å². The number of nitrogens with one attached hydrogen (secondary N) is 3. The molecule has 1 unspecified atom stereocenters. The van der Waals surface area contributed by atoms with Gasteiger partial charge in [0.15, 0.2) is 12.1 Å². The predicted octanol–water partition coefficient (Wildman–Crippen LogP) is 3.81. The molecule has 10 nitrogen and oxygen atoms in total. The lowest BCUT2D eigenvalue weighted by Crippen LogP contribution is -2.06. The van der Waals surface area contributed by atoms with Crippen LogP contribution < -0.4 is 20.5 Å². The molecule has 188 valence electrons. The van der Waals surface area contributed by atoms with Gasteiger partial charge in [-0.15, -0.1) is 0 Å². The molecule has 36 heavy (non-hydrogen) atoms. The highest BCUT2D eigenvalue weighted by atomic mass is 32.2. The molecule has 0 fully saturated rings. The monoisotopic (exact) mass is 511 g/mol. The van der Waals surface area contributed by atoms with Crippen molar-refractivity contribution in [3.05, 3.63) is 78.0 Å². The second-order valence-corrected chi connectivity index (χ2v) is 8.53. The van der Waals surface area contributed by atoms with Gasteiger partial charge in [-0.3, -0.25) is 14.9 Å². The van der Waals surface area contributed by atoms with Gasteiger partial charge in [0.25, 0.3) is 0 Å². The van der Waals surface area contributed by atoms with Gasteiger partial charge < -0.3 is 20.5 Å². The van der Waals surface area contributed by atoms with Gasteiger partial charge in [0.2, 0.25) is 0 Å². The van der Waals surface area contributed by atoms with E-state index in [1.54, 1.807) is 37.3 Å². The van der Waals surface area contributed by atoms with Crippen molar-refractivity contribution in [1.29, 1.82) is 0 Å². The van der Waals surface area contributed by atoms with E-state index >= 15 is 0 Å². The average molecular weight is 512 g/mol. The lowest BCUT2D eigenvalue weighted by atomic mass is 10.1. The van der Waals surface area contributed by atoms with Crippen LogP contribution >= 0.6 is 0 Å². The van der Waals surface area contributed by atoms with Crippen LogP contribution in [0.2, 0.25) is 0 Å². The normalized spacial score (nSPS) is 11.1. The minimum Gasteiger partial charge on any atom is -0.488 e. The number of rotatable bonds is 10. The molecule has 0 bridgehead atoms. The summed E-state index contributed by atoms with van der Waals surface area (Å²) >= 11 is 0. The number of nitrogens with two attached hydrogens (primary N) is 1. The third-order valence-corrected chi connectivity index (χ3v) is 5.77. The van der Waals surface area contributed by atoms with Gasteiger partial charge in [-0.05, 0) is 36.9 Å². The van der Waals surface area contributed by atoms with Crippen LogP contribution in [-0.2, 0) is 17.6 Å². The number of nitrogens with zero attached hydrogens (tertiary/aromatic N) is 3. The SMILES string of the molecule is CCS(=O)Nc1ccc(-c2[nH]nc(Nc3cnccn3)c2C=O)c(OCc2ccc(F)cc2)c1.CN. The van der Waals surface area contributed by atoms with E-state index in [2.05, 4.69) is 35.9 Å². The molecule has 0 radical (unpaired) electrons. The van der Waals surface area contributed by atoms with Gasteiger partial charge in [-0.25, -0.2) is 13.6 Å². The zero-order valence-electron chi connectivity index (χ0n) is 19.7. The second-order valence-electron chi connectivity index (χ2n) is 7.06. The Labute approximate surface area is 210 Å². The number of benzene rings is 2. The molecule has 0 saturated heterocycles. The maximum atomic E-state index is 13.2. The molecular weight excluding hydrogens is 485 g/mol. The van der Waals surface area contributed by atoms with E-state index in [1.807, 2.05) is 0 Å². The number of H-pyrrole nitrogens is 1. The summed E-state index contributed by atoms with van der Waals surface area (Å²) in [4.78, 5) is 20.1. The number of hydrogen-bond donors (Lipinski definition) is 4. The minimum absolute atomic E-state index is 0.156. The van der Waals surface area contributed by atoms with Crippen molar-refractivity contribution in [2.45, 2.75) is 13.5 Å². The lowest BCUT2D eigenvalue weighted by molar-refractivity contribution is 0.112. The summed E-state index contributed by atoms with van der Waals surface area (Å²) in [6.45, 7) is 1.96. The molecule has 5 N–H and O–H groups in total. The van der Waals surface area contributed by atoms with Crippen LogP contribution in [0.4, 0.5) is 21.7 Å². The summed E-state index contributed by atoms with van der Waals surface area (Å²) in [6.07, 6.45) is 5.24. The van der Waals surface area contributed by atoms with Gasteiger partial charge in [-0.1, -0.05) is 19.1 Å².